The third-order valence-electron chi connectivity index (χ3n) is 4.03. The van der Waals surface area contributed by atoms with Crippen LogP contribution in [0.2, 0.25) is 0 Å². The molecule has 0 spiro atoms. The Morgan fingerprint density at radius 2 is 1.70 bits per heavy atom. The van der Waals surface area contributed by atoms with E-state index in [-0.39, 0.29) is 5.97 Å². The Hall–Kier alpha value is -2.39. The number of hydrogen-bond donors (Lipinski definition) is 0. The van der Waals surface area contributed by atoms with Crippen LogP contribution >= 0.6 is 0 Å². The molecule has 0 atom stereocenters. The van der Waals surface area contributed by atoms with Gasteiger partial charge < -0.3 is 4.74 Å². The zero-order valence-corrected chi connectivity index (χ0v) is 13.2. The minimum atomic E-state index is -0.252. The summed E-state index contributed by atoms with van der Waals surface area (Å²) >= 11 is 0. The van der Waals surface area contributed by atoms with Crippen molar-refractivity contribution in [3.05, 3.63) is 83.4 Å². The van der Waals surface area contributed by atoms with Gasteiger partial charge in [0.15, 0.2) is 0 Å². The Kier molecular flexibility index (Phi) is 5.22. The van der Waals surface area contributed by atoms with Crippen LogP contribution in [0.3, 0.4) is 0 Å². The minimum Gasteiger partial charge on any atom is -0.458 e. The van der Waals surface area contributed by atoms with E-state index in [1.807, 2.05) is 24.3 Å². The molecule has 2 aromatic rings. The molecule has 0 amide bonds. The van der Waals surface area contributed by atoms with Crippen molar-refractivity contribution in [3.8, 4) is 0 Å². The molecule has 3 heteroatoms. The monoisotopic (exact) mass is 307 g/mol. The lowest BCUT2D eigenvalue weighted by Gasteiger charge is -2.26. The van der Waals surface area contributed by atoms with Crippen molar-refractivity contribution in [1.29, 1.82) is 0 Å². The van der Waals surface area contributed by atoms with Gasteiger partial charge in [-0.25, -0.2) is 4.79 Å². The molecule has 0 radical (unpaired) electrons. The van der Waals surface area contributed by atoms with E-state index in [0.717, 1.165) is 26.1 Å². The molecular weight excluding hydrogens is 286 g/mol. The van der Waals surface area contributed by atoms with Crippen LogP contribution in [-0.2, 0) is 11.3 Å². The van der Waals surface area contributed by atoms with Crippen molar-refractivity contribution in [2.45, 2.75) is 13.0 Å². The van der Waals surface area contributed by atoms with Crippen molar-refractivity contribution in [1.82, 2.24) is 4.90 Å². The number of rotatable bonds is 5. The van der Waals surface area contributed by atoms with Crippen molar-refractivity contribution in [2.24, 2.45) is 0 Å². The molecule has 0 fully saturated rings. The molecule has 3 rings (SSSR count). The van der Waals surface area contributed by atoms with E-state index in [4.69, 9.17) is 4.74 Å². The van der Waals surface area contributed by atoms with E-state index < -0.39 is 0 Å². The third kappa shape index (κ3) is 4.54. The predicted molar refractivity (Wildman–Crippen MR) is 91.1 cm³/mol. The van der Waals surface area contributed by atoms with Crippen molar-refractivity contribution >= 4 is 5.97 Å². The summed E-state index contributed by atoms with van der Waals surface area (Å²) in [5.41, 5.74) is 3.15. The normalized spacial score (nSPS) is 15.0. The van der Waals surface area contributed by atoms with Crippen LogP contribution in [-0.4, -0.2) is 30.6 Å². The van der Waals surface area contributed by atoms with Crippen LogP contribution in [0.5, 0.6) is 0 Å². The number of benzene rings is 2. The molecule has 0 aromatic heterocycles. The van der Waals surface area contributed by atoms with Gasteiger partial charge in [-0.1, -0.05) is 54.6 Å². The standard InChI is InChI=1S/C20H21NO2/c22-20(19-9-5-2-6-10-19)23-16-18-11-13-21(14-12-18)15-17-7-3-1-4-8-17/h1-11H,12-16H2. The van der Waals surface area contributed by atoms with Crippen LogP contribution < -0.4 is 0 Å². The van der Waals surface area contributed by atoms with Crippen LogP contribution in [0, 0.1) is 0 Å². The Labute approximate surface area is 137 Å². The molecule has 118 valence electrons. The van der Waals surface area contributed by atoms with Gasteiger partial charge in [0, 0.05) is 19.6 Å². The summed E-state index contributed by atoms with van der Waals surface area (Å²) in [7, 11) is 0. The molecule has 0 unspecified atom stereocenters. The maximum atomic E-state index is 11.9. The Morgan fingerprint density at radius 1 is 1.00 bits per heavy atom. The highest BCUT2D eigenvalue weighted by molar-refractivity contribution is 5.89. The predicted octanol–water partition coefficient (Wildman–Crippen LogP) is 3.68. The first-order valence-corrected chi connectivity index (χ1v) is 7.97. The second kappa shape index (κ2) is 7.75. The Balaban J connectivity index is 1.47. The van der Waals surface area contributed by atoms with E-state index in [1.54, 1.807) is 12.1 Å². The minimum absolute atomic E-state index is 0.252. The van der Waals surface area contributed by atoms with Gasteiger partial charge in [0.25, 0.3) is 0 Å². The molecule has 1 aliphatic rings. The maximum Gasteiger partial charge on any atom is 0.338 e. The molecule has 1 aliphatic heterocycles. The van der Waals surface area contributed by atoms with Crippen molar-refractivity contribution < 1.29 is 9.53 Å². The van der Waals surface area contributed by atoms with Gasteiger partial charge in [-0.05, 0) is 29.7 Å². The molecule has 2 aromatic carbocycles. The molecule has 0 saturated carbocycles. The first-order valence-electron chi connectivity index (χ1n) is 7.97. The number of esters is 1. The fourth-order valence-corrected chi connectivity index (χ4v) is 2.69. The number of carbonyl (C=O) groups is 1. The van der Waals surface area contributed by atoms with Crippen LogP contribution in [0.4, 0.5) is 0 Å². The third-order valence-corrected chi connectivity index (χ3v) is 4.03. The summed E-state index contributed by atoms with van der Waals surface area (Å²) in [5, 5.41) is 0. The van der Waals surface area contributed by atoms with Gasteiger partial charge in [-0.2, -0.15) is 0 Å². The highest BCUT2D eigenvalue weighted by Crippen LogP contribution is 2.14. The summed E-state index contributed by atoms with van der Waals surface area (Å²) < 4.78 is 5.40. The quantitative estimate of drug-likeness (QED) is 0.623. The van der Waals surface area contributed by atoms with E-state index in [0.29, 0.717) is 12.2 Å². The van der Waals surface area contributed by atoms with Crippen LogP contribution in [0.25, 0.3) is 0 Å². The molecule has 0 bridgehead atoms. The molecule has 0 N–H and O–H groups in total. The smallest absolute Gasteiger partial charge is 0.338 e. The molecule has 23 heavy (non-hydrogen) atoms. The Morgan fingerprint density at radius 3 is 2.35 bits per heavy atom. The zero-order chi connectivity index (χ0) is 15.9. The van der Waals surface area contributed by atoms with E-state index in [2.05, 4.69) is 35.2 Å². The van der Waals surface area contributed by atoms with Crippen LogP contribution in [0.15, 0.2) is 72.3 Å². The SMILES string of the molecule is O=C(OCC1=CCN(Cc2ccccc2)CC1)c1ccccc1. The lowest BCUT2D eigenvalue weighted by Crippen LogP contribution is -2.29. The second-order valence-electron chi connectivity index (χ2n) is 5.78. The summed E-state index contributed by atoms with van der Waals surface area (Å²) in [6, 6.07) is 19.6. The van der Waals surface area contributed by atoms with E-state index in [1.165, 1.54) is 11.1 Å². The topological polar surface area (TPSA) is 29.5 Å². The summed E-state index contributed by atoms with van der Waals surface area (Å²) in [4.78, 5) is 14.3. The number of nitrogens with zero attached hydrogens (tertiary/aromatic N) is 1. The summed E-state index contributed by atoms with van der Waals surface area (Å²) in [5.74, 6) is -0.252. The number of hydrogen-bond acceptors (Lipinski definition) is 3. The number of ether oxygens (including phenoxy) is 1. The molecule has 0 aliphatic carbocycles. The molecule has 1 heterocycles. The molecular formula is C20H21NO2. The van der Waals surface area contributed by atoms with Crippen LogP contribution in [0.1, 0.15) is 22.3 Å². The second-order valence-corrected chi connectivity index (χ2v) is 5.78. The van der Waals surface area contributed by atoms with Gasteiger partial charge in [0.1, 0.15) is 6.61 Å². The maximum absolute atomic E-state index is 11.9. The van der Waals surface area contributed by atoms with Gasteiger partial charge in [-0.15, -0.1) is 0 Å². The first-order chi connectivity index (χ1) is 11.3. The van der Waals surface area contributed by atoms with Gasteiger partial charge >= 0.3 is 5.97 Å². The van der Waals surface area contributed by atoms with E-state index >= 15 is 0 Å². The highest BCUT2D eigenvalue weighted by atomic mass is 16.5. The lowest BCUT2D eigenvalue weighted by molar-refractivity contribution is 0.0533. The summed E-state index contributed by atoms with van der Waals surface area (Å²) in [6.07, 6.45) is 3.14. The van der Waals surface area contributed by atoms with Gasteiger partial charge in [0.2, 0.25) is 0 Å². The zero-order valence-electron chi connectivity index (χ0n) is 13.2. The fraction of sp³-hybridized carbons (Fsp3) is 0.250. The average molecular weight is 307 g/mol. The average Bonchev–Trinajstić information content (AvgIpc) is 2.62. The largest absolute Gasteiger partial charge is 0.458 e. The number of carbonyl (C=O) groups excluding carboxylic acids is 1. The van der Waals surface area contributed by atoms with E-state index in [9.17, 15) is 4.79 Å². The molecule has 3 nitrogen and oxygen atoms in total. The summed E-state index contributed by atoms with van der Waals surface area (Å²) in [6.45, 7) is 3.28. The fourth-order valence-electron chi connectivity index (χ4n) is 2.69. The van der Waals surface area contributed by atoms with Crippen molar-refractivity contribution in [2.75, 3.05) is 19.7 Å². The van der Waals surface area contributed by atoms with Crippen molar-refractivity contribution in [3.63, 3.8) is 0 Å². The Bertz CT molecular complexity index is 665. The van der Waals surface area contributed by atoms with Gasteiger partial charge in [-0.3, -0.25) is 4.90 Å². The highest BCUT2D eigenvalue weighted by Gasteiger charge is 2.14. The lowest BCUT2D eigenvalue weighted by atomic mass is 10.1. The van der Waals surface area contributed by atoms with Gasteiger partial charge in [0.05, 0.1) is 5.56 Å². The molecule has 0 saturated heterocycles. The first kappa shape index (κ1) is 15.5.